The maximum Gasteiger partial charge on any atom is 0.301 e. The molecule has 1 aliphatic heterocycles. The Morgan fingerprint density at radius 1 is 1.00 bits per heavy atom. The second-order valence-corrected chi connectivity index (χ2v) is 13.8. The second kappa shape index (κ2) is 13.6. The second-order valence-electron chi connectivity index (χ2n) is 10.2. The predicted molar refractivity (Wildman–Crippen MR) is 182 cm³/mol. The van der Waals surface area contributed by atoms with Crippen molar-refractivity contribution in [2.45, 2.75) is 29.7 Å². The normalized spacial score (nSPS) is 15.9. The number of aliphatic hydroxyl groups excluding tert-OH is 1. The molecule has 1 N–H and O–H groups in total. The van der Waals surface area contributed by atoms with Crippen molar-refractivity contribution in [2.75, 3.05) is 4.90 Å². The number of benzene rings is 4. The van der Waals surface area contributed by atoms with E-state index in [0.717, 1.165) is 21.2 Å². The monoisotopic (exact) mass is 717 g/mol. The number of anilines is 1. The van der Waals surface area contributed by atoms with Crippen molar-refractivity contribution in [3.63, 3.8) is 0 Å². The third-order valence-corrected chi connectivity index (χ3v) is 10.1. The Morgan fingerprint density at radius 3 is 2.49 bits per heavy atom. The number of aryl methyl sites for hydroxylation is 1. The average molecular weight is 719 g/mol. The Kier molecular flexibility index (Phi) is 9.37. The molecule has 6 rings (SSSR count). The number of aliphatic hydroxyl groups is 1. The Morgan fingerprint density at radius 2 is 1.76 bits per heavy atom. The molecule has 226 valence electrons. The number of thioether (sulfide) groups is 1. The molecule has 4 aromatic carbocycles. The summed E-state index contributed by atoms with van der Waals surface area (Å²) in [5.41, 5.74) is 4.25. The summed E-state index contributed by atoms with van der Waals surface area (Å²) in [6.45, 7) is 2.42. The van der Waals surface area contributed by atoms with Gasteiger partial charge in [0.05, 0.1) is 11.6 Å². The van der Waals surface area contributed by atoms with Crippen LogP contribution in [-0.2, 0) is 21.9 Å². The predicted octanol–water partition coefficient (Wildman–Crippen LogP) is 8.76. The average Bonchev–Trinajstić information content (AvgIpc) is 3.62. The van der Waals surface area contributed by atoms with Gasteiger partial charge in [0, 0.05) is 20.8 Å². The molecule has 1 amide bonds. The number of halogens is 2. The zero-order valence-electron chi connectivity index (χ0n) is 23.8. The summed E-state index contributed by atoms with van der Waals surface area (Å²) in [4.78, 5) is 28.5. The van der Waals surface area contributed by atoms with Gasteiger partial charge in [-0.25, -0.2) is 0 Å². The van der Waals surface area contributed by atoms with Crippen molar-refractivity contribution in [3.8, 4) is 5.75 Å². The number of carbonyl (C=O) groups is 2. The number of amides is 1. The number of hydrogen-bond acceptors (Lipinski definition) is 8. The highest BCUT2D eigenvalue weighted by atomic mass is 79.9. The molecule has 1 aliphatic rings. The first kappa shape index (κ1) is 31.0. The zero-order chi connectivity index (χ0) is 31.5. The van der Waals surface area contributed by atoms with E-state index < -0.39 is 17.7 Å². The highest BCUT2D eigenvalue weighted by Crippen LogP contribution is 2.44. The molecule has 0 spiro atoms. The van der Waals surface area contributed by atoms with Crippen molar-refractivity contribution in [1.29, 1.82) is 0 Å². The SMILES string of the molecule is Cc1ccccc1COc1ccc(C(O)=C2C(=O)C(=O)N(c3nnc(SCc4ccc(Cl)cc4)s3)C2c2cccc(Br)c2)cc1. The van der Waals surface area contributed by atoms with Crippen LogP contribution < -0.4 is 9.64 Å². The maximum absolute atomic E-state index is 13.6. The molecule has 1 aromatic heterocycles. The fourth-order valence-electron chi connectivity index (χ4n) is 4.90. The van der Waals surface area contributed by atoms with E-state index in [0.29, 0.717) is 38.6 Å². The number of hydrogen-bond donors (Lipinski definition) is 1. The molecule has 2 heterocycles. The van der Waals surface area contributed by atoms with E-state index in [4.69, 9.17) is 16.3 Å². The van der Waals surface area contributed by atoms with Gasteiger partial charge < -0.3 is 9.84 Å². The van der Waals surface area contributed by atoms with Crippen LogP contribution in [0.2, 0.25) is 5.02 Å². The molecule has 0 radical (unpaired) electrons. The molecule has 1 saturated heterocycles. The van der Waals surface area contributed by atoms with Gasteiger partial charge >= 0.3 is 5.91 Å². The number of Topliss-reactive ketones (excluding diaryl/α,β-unsaturated/α-hetero) is 1. The van der Waals surface area contributed by atoms with Crippen LogP contribution in [0.1, 0.15) is 33.9 Å². The van der Waals surface area contributed by atoms with Crippen molar-refractivity contribution in [2.24, 2.45) is 0 Å². The number of rotatable bonds is 9. The van der Waals surface area contributed by atoms with Gasteiger partial charge in [-0.2, -0.15) is 0 Å². The molecule has 1 fully saturated rings. The first-order valence-corrected chi connectivity index (χ1v) is 16.8. The molecule has 0 saturated carbocycles. The smallest absolute Gasteiger partial charge is 0.301 e. The number of ketones is 1. The maximum atomic E-state index is 13.6. The standard InChI is InChI=1S/C34H25BrClN3O4S2/c1-20-5-2-3-6-24(20)18-43-27-15-11-22(12-16-27)30(40)28-29(23-7-4-8-25(35)17-23)39(32(42)31(28)41)33-37-38-34(45-33)44-19-21-9-13-26(36)14-10-21/h2-17,29,40H,18-19H2,1H3. The summed E-state index contributed by atoms with van der Waals surface area (Å²) in [6.07, 6.45) is 0. The van der Waals surface area contributed by atoms with Gasteiger partial charge in [0.1, 0.15) is 18.1 Å². The number of ether oxygens (including phenoxy) is 1. The lowest BCUT2D eigenvalue weighted by atomic mass is 9.95. The van der Waals surface area contributed by atoms with Gasteiger partial charge in [0.15, 0.2) is 4.34 Å². The van der Waals surface area contributed by atoms with Crippen molar-refractivity contribution in [3.05, 3.63) is 140 Å². The summed E-state index contributed by atoms with van der Waals surface area (Å²) in [6, 6.07) is 28.7. The third-order valence-electron chi connectivity index (χ3n) is 7.27. The van der Waals surface area contributed by atoms with Crippen LogP contribution in [0, 0.1) is 6.92 Å². The van der Waals surface area contributed by atoms with Gasteiger partial charge in [-0.05, 0) is 77.7 Å². The summed E-state index contributed by atoms with van der Waals surface area (Å²) < 4.78 is 7.35. The van der Waals surface area contributed by atoms with Gasteiger partial charge in [-0.1, -0.05) is 99.2 Å². The largest absolute Gasteiger partial charge is 0.507 e. The molecular formula is C34H25BrClN3O4S2. The quantitative estimate of drug-likeness (QED) is 0.0536. The molecule has 1 atom stereocenters. The molecule has 0 aliphatic carbocycles. The van der Waals surface area contributed by atoms with E-state index in [1.165, 1.54) is 28.0 Å². The third kappa shape index (κ3) is 6.84. The van der Waals surface area contributed by atoms with Crippen molar-refractivity contribution in [1.82, 2.24) is 10.2 Å². The summed E-state index contributed by atoms with van der Waals surface area (Å²) in [5, 5.41) is 21.0. The number of nitrogens with zero attached hydrogens (tertiary/aromatic N) is 3. The Labute approximate surface area is 281 Å². The minimum Gasteiger partial charge on any atom is -0.507 e. The molecular weight excluding hydrogens is 694 g/mol. The van der Waals surface area contributed by atoms with E-state index >= 15 is 0 Å². The van der Waals surface area contributed by atoms with E-state index in [1.807, 2.05) is 73.7 Å². The Balaban J connectivity index is 1.30. The topological polar surface area (TPSA) is 92.6 Å². The lowest BCUT2D eigenvalue weighted by molar-refractivity contribution is -0.132. The summed E-state index contributed by atoms with van der Waals surface area (Å²) in [7, 11) is 0. The molecule has 45 heavy (non-hydrogen) atoms. The van der Waals surface area contributed by atoms with E-state index in [2.05, 4.69) is 26.1 Å². The molecule has 5 aromatic rings. The molecule has 11 heteroatoms. The van der Waals surface area contributed by atoms with Gasteiger partial charge in [0.2, 0.25) is 5.13 Å². The Hall–Kier alpha value is -3.96. The minimum absolute atomic E-state index is 0.0303. The van der Waals surface area contributed by atoms with Crippen LogP contribution in [-0.4, -0.2) is 27.0 Å². The van der Waals surface area contributed by atoms with Crippen molar-refractivity contribution < 1.29 is 19.4 Å². The highest BCUT2D eigenvalue weighted by Gasteiger charge is 2.48. The van der Waals surface area contributed by atoms with Crippen LogP contribution in [0.15, 0.2) is 111 Å². The fraction of sp³-hybridized carbons (Fsp3) is 0.118. The van der Waals surface area contributed by atoms with E-state index in [9.17, 15) is 14.7 Å². The van der Waals surface area contributed by atoms with Crippen LogP contribution in [0.5, 0.6) is 5.75 Å². The van der Waals surface area contributed by atoms with Crippen LogP contribution in [0.4, 0.5) is 5.13 Å². The lowest BCUT2D eigenvalue weighted by Gasteiger charge is -2.22. The lowest BCUT2D eigenvalue weighted by Crippen LogP contribution is -2.29. The first-order chi connectivity index (χ1) is 21.8. The highest BCUT2D eigenvalue weighted by molar-refractivity contribution is 9.10. The molecule has 1 unspecified atom stereocenters. The van der Waals surface area contributed by atoms with Gasteiger partial charge in [-0.15, -0.1) is 10.2 Å². The Bertz CT molecular complexity index is 1910. The molecule has 7 nitrogen and oxygen atoms in total. The summed E-state index contributed by atoms with van der Waals surface area (Å²) in [5.74, 6) is -0.637. The fourth-order valence-corrected chi connectivity index (χ4v) is 7.27. The van der Waals surface area contributed by atoms with Crippen molar-refractivity contribution >= 4 is 73.2 Å². The molecule has 0 bridgehead atoms. The van der Waals surface area contributed by atoms with Gasteiger partial charge in [0.25, 0.3) is 5.78 Å². The number of aromatic nitrogens is 2. The van der Waals surface area contributed by atoms with E-state index in [-0.39, 0.29) is 16.5 Å². The zero-order valence-corrected chi connectivity index (χ0v) is 27.8. The van der Waals surface area contributed by atoms with E-state index in [1.54, 1.807) is 30.3 Å². The van der Waals surface area contributed by atoms with Crippen LogP contribution in [0.25, 0.3) is 5.76 Å². The minimum atomic E-state index is -0.915. The number of carbonyl (C=O) groups excluding carboxylic acids is 2. The summed E-state index contributed by atoms with van der Waals surface area (Å²) >= 11 is 12.2. The van der Waals surface area contributed by atoms with Crippen LogP contribution >= 0.6 is 50.6 Å². The first-order valence-electron chi connectivity index (χ1n) is 13.8. The van der Waals surface area contributed by atoms with Crippen LogP contribution in [0.3, 0.4) is 0 Å². The van der Waals surface area contributed by atoms with Gasteiger partial charge in [-0.3, -0.25) is 14.5 Å².